The van der Waals surface area contributed by atoms with Crippen LogP contribution in [-0.4, -0.2) is 36.0 Å². The van der Waals surface area contributed by atoms with E-state index in [0.29, 0.717) is 12.8 Å². The summed E-state index contributed by atoms with van der Waals surface area (Å²) in [6.07, 6.45) is 6.71. The SMILES string of the molecule is CCC(C(=O)Nc1c(C)cc(C)cc1C)[PH]1(CC(=O)OCc2ccccc2)CCCCC1. The third-order valence-corrected chi connectivity index (χ3v) is 12.8. The van der Waals surface area contributed by atoms with Gasteiger partial charge in [-0.2, -0.15) is 0 Å². The average molecular weight is 456 g/mol. The summed E-state index contributed by atoms with van der Waals surface area (Å²) < 4.78 is 5.66. The van der Waals surface area contributed by atoms with Crippen LogP contribution < -0.4 is 5.32 Å². The average Bonchev–Trinajstić information content (AvgIpc) is 2.76. The van der Waals surface area contributed by atoms with Crippen LogP contribution in [0.3, 0.4) is 0 Å². The molecule has 1 fully saturated rings. The molecular weight excluding hydrogens is 417 g/mol. The number of aryl methyl sites for hydroxylation is 3. The van der Waals surface area contributed by atoms with Gasteiger partial charge in [-0.25, -0.2) is 0 Å². The number of amides is 1. The van der Waals surface area contributed by atoms with Gasteiger partial charge in [0.05, 0.1) is 0 Å². The van der Waals surface area contributed by atoms with E-state index in [1.54, 1.807) is 0 Å². The molecule has 1 aliphatic heterocycles. The van der Waals surface area contributed by atoms with Gasteiger partial charge in [0, 0.05) is 0 Å². The van der Waals surface area contributed by atoms with Gasteiger partial charge in [0.1, 0.15) is 0 Å². The topological polar surface area (TPSA) is 55.4 Å². The van der Waals surface area contributed by atoms with E-state index in [0.717, 1.165) is 54.0 Å². The van der Waals surface area contributed by atoms with Crippen molar-refractivity contribution in [3.05, 3.63) is 64.7 Å². The molecule has 1 unspecified atom stereocenters. The number of esters is 1. The predicted molar refractivity (Wildman–Crippen MR) is 136 cm³/mol. The molecule has 1 aliphatic rings. The van der Waals surface area contributed by atoms with E-state index in [1.165, 1.54) is 12.0 Å². The van der Waals surface area contributed by atoms with Gasteiger partial charge in [-0.1, -0.05) is 0 Å². The Kier molecular flexibility index (Phi) is 8.48. The van der Waals surface area contributed by atoms with Crippen LogP contribution in [0.5, 0.6) is 0 Å². The zero-order valence-electron chi connectivity index (χ0n) is 20.0. The van der Waals surface area contributed by atoms with Crippen LogP contribution in [0.2, 0.25) is 0 Å². The minimum atomic E-state index is -2.16. The molecule has 174 valence electrons. The Morgan fingerprint density at radius 3 is 2.22 bits per heavy atom. The summed E-state index contributed by atoms with van der Waals surface area (Å²) in [6, 6.07) is 14.0. The van der Waals surface area contributed by atoms with Crippen LogP contribution in [0.4, 0.5) is 5.69 Å². The Morgan fingerprint density at radius 1 is 1.00 bits per heavy atom. The fourth-order valence-electron chi connectivity index (χ4n) is 5.46. The van der Waals surface area contributed by atoms with Crippen LogP contribution in [0.25, 0.3) is 0 Å². The maximum absolute atomic E-state index is 13.6. The van der Waals surface area contributed by atoms with Gasteiger partial charge >= 0.3 is 193 Å². The van der Waals surface area contributed by atoms with Gasteiger partial charge < -0.3 is 0 Å². The summed E-state index contributed by atoms with van der Waals surface area (Å²) >= 11 is 0. The fourth-order valence-corrected chi connectivity index (χ4v) is 11.1. The van der Waals surface area contributed by atoms with Crippen LogP contribution in [0.1, 0.15) is 54.9 Å². The van der Waals surface area contributed by atoms with E-state index < -0.39 is 7.26 Å². The second-order valence-electron chi connectivity index (χ2n) is 9.47. The van der Waals surface area contributed by atoms with E-state index in [4.69, 9.17) is 4.74 Å². The molecule has 3 rings (SSSR count). The predicted octanol–water partition coefficient (Wildman–Crippen LogP) is 6.01. The van der Waals surface area contributed by atoms with E-state index in [9.17, 15) is 9.59 Å². The molecule has 1 amide bonds. The first-order valence-corrected chi connectivity index (χ1v) is 14.6. The second-order valence-corrected chi connectivity index (χ2v) is 14.2. The molecule has 32 heavy (non-hydrogen) atoms. The normalized spacial score (nSPS) is 17.2. The molecular formula is C27H38NO3P. The Hall–Kier alpha value is -2.19. The van der Waals surface area contributed by atoms with E-state index in [2.05, 4.69) is 31.3 Å². The van der Waals surface area contributed by atoms with Crippen molar-refractivity contribution in [1.82, 2.24) is 0 Å². The molecule has 1 heterocycles. The van der Waals surface area contributed by atoms with E-state index >= 15 is 0 Å². The van der Waals surface area contributed by atoms with Gasteiger partial charge in [-0.05, 0) is 0 Å². The summed E-state index contributed by atoms with van der Waals surface area (Å²) in [6.45, 7) is 8.56. The third kappa shape index (κ3) is 5.98. The quantitative estimate of drug-likeness (QED) is 0.392. The molecule has 1 saturated heterocycles. The summed E-state index contributed by atoms with van der Waals surface area (Å²) in [4.78, 5) is 26.5. The summed E-state index contributed by atoms with van der Waals surface area (Å²) in [5, 5.41) is 3.25. The van der Waals surface area contributed by atoms with Crippen molar-refractivity contribution in [3.8, 4) is 0 Å². The standard InChI is InChI=1S/C27H38NO3P/c1-5-24(27(30)28-26-21(3)16-20(2)17-22(26)4)32(14-10-7-11-15-32)19-25(29)31-18-23-12-8-6-9-13-23/h6,8-9,12-13,16-17,24,32H,5,7,10-11,14-15,18-19H2,1-4H3,(H,28,30). The Bertz CT molecular complexity index is 912. The molecule has 2 aromatic carbocycles. The number of rotatable bonds is 8. The van der Waals surface area contributed by atoms with Gasteiger partial charge in [-0.15, -0.1) is 0 Å². The molecule has 0 aliphatic carbocycles. The minimum absolute atomic E-state index is 0.0767. The first kappa shape index (κ1) is 24.5. The first-order chi connectivity index (χ1) is 15.3. The number of anilines is 1. The third-order valence-electron chi connectivity index (χ3n) is 6.98. The molecule has 0 spiro atoms. The molecule has 2 aromatic rings. The number of carbonyl (C=O) groups is 2. The molecule has 4 nitrogen and oxygen atoms in total. The Morgan fingerprint density at radius 2 is 1.62 bits per heavy atom. The summed E-state index contributed by atoms with van der Waals surface area (Å²) in [5.74, 6) is -0.0525. The zero-order valence-corrected chi connectivity index (χ0v) is 21.0. The monoisotopic (exact) mass is 455 g/mol. The number of carbonyl (C=O) groups excluding carboxylic acids is 2. The molecule has 1 N–H and O–H groups in total. The van der Waals surface area contributed by atoms with Crippen molar-refractivity contribution in [1.29, 1.82) is 0 Å². The molecule has 0 bridgehead atoms. The Balaban J connectivity index is 1.76. The number of hydrogen-bond acceptors (Lipinski definition) is 3. The van der Waals surface area contributed by atoms with Crippen molar-refractivity contribution in [2.45, 2.75) is 65.6 Å². The van der Waals surface area contributed by atoms with E-state index in [1.807, 2.05) is 44.2 Å². The Labute approximate surface area is 193 Å². The fraction of sp³-hybridized carbons (Fsp3) is 0.481. The number of hydrogen-bond donors (Lipinski definition) is 1. The first-order valence-electron chi connectivity index (χ1n) is 11.9. The van der Waals surface area contributed by atoms with Crippen molar-refractivity contribution in [2.24, 2.45) is 0 Å². The van der Waals surface area contributed by atoms with Crippen LogP contribution in [0.15, 0.2) is 42.5 Å². The van der Waals surface area contributed by atoms with Gasteiger partial charge in [0.25, 0.3) is 0 Å². The second kappa shape index (κ2) is 11.1. The van der Waals surface area contributed by atoms with Crippen molar-refractivity contribution >= 4 is 24.8 Å². The van der Waals surface area contributed by atoms with Crippen LogP contribution in [-0.2, 0) is 20.9 Å². The van der Waals surface area contributed by atoms with E-state index in [-0.39, 0.29) is 17.5 Å². The van der Waals surface area contributed by atoms with Crippen LogP contribution >= 0.6 is 7.26 Å². The molecule has 1 atom stereocenters. The van der Waals surface area contributed by atoms with Crippen LogP contribution in [0, 0.1) is 20.8 Å². The maximum atomic E-state index is 13.6. The summed E-state index contributed by atoms with van der Waals surface area (Å²) in [5.41, 5.74) is 5.22. The van der Waals surface area contributed by atoms with Crippen molar-refractivity contribution in [3.63, 3.8) is 0 Å². The van der Waals surface area contributed by atoms with Gasteiger partial charge in [0.2, 0.25) is 0 Å². The molecule has 0 saturated carbocycles. The van der Waals surface area contributed by atoms with Crippen molar-refractivity contribution < 1.29 is 14.3 Å². The van der Waals surface area contributed by atoms with Crippen molar-refractivity contribution in [2.75, 3.05) is 23.8 Å². The molecule has 0 radical (unpaired) electrons. The number of ether oxygens (including phenoxy) is 1. The van der Waals surface area contributed by atoms with Gasteiger partial charge in [-0.3, -0.25) is 0 Å². The molecule has 5 heteroatoms. The van der Waals surface area contributed by atoms with Gasteiger partial charge in [0.15, 0.2) is 0 Å². The number of nitrogens with one attached hydrogen (secondary N) is 1. The zero-order chi connectivity index (χ0) is 23.1. The number of benzene rings is 2. The summed E-state index contributed by atoms with van der Waals surface area (Å²) in [7, 11) is -2.16. The molecule has 0 aromatic heterocycles.